The summed E-state index contributed by atoms with van der Waals surface area (Å²) in [6.07, 6.45) is 1.41. The van der Waals surface area contributed by atoms with Crippen molar-refractivity contribution in [1.29, 1.82) is 0 Å². The normalized spacial score (nSPS) is 10.5. The highest BCUT2D eigenvalue weighted by molar-refractivity contribution is 9.10. The molecule has 0 radical (unpaired) electrons. The lowest BCUT2D eigenvalue weighted by Gasteiger charge is -2.22. The van der Waals surface area contributed by atoms with Gasteiger partial charge >= 0.3 is 5.97 Å². The summed E-state index contributed by atoms with van der Waals surface area (Å²) in [5.41, 5.74) is 1.41. The topological polar surface area (TPSA) is 64.4 Å². The maximum Gasteiger partial charge on any atom is 0.307 e. The van der Waals surface area contributed by atoms with Crippen LogP contribution >= 0.6 is 15.9 Å². The maximum atomic E-state index is 13.7. The van der Waals surface area contributed by atoms with E-state index in [0.29, 0.717) is 10.3 Å². The number of para-hydroxylation sites is 1. The van der Waals surface area contributed by atoms with Crippen LogP contribution in [0.1, 0.15) is 16.8 Å². The molecule has 0 unspecified atom stereocenters. The predicted molar refractivity (Wildman–Crippen MR) is 106 cm³/mol. The molecule has 0 atom stereocenters. The molecule has 1 aromatic heterocycles. The standard InChI is InChI=1S/C20H17BrFN3O3/c1-28-18(26)10-11-24(16-9-5-6-14(22)12-16)20(27)17-13-23-25(19(17)21)15-7-3-2-4-8-15/h2-9,12-13H,10-11H2,1H3. The summed E-state index contributed by atoms with van der Waals surface area (Å²) in [4.78, 5) is 26.1. The fourth-order valence-corrected chi connectivity index (χ4v) is 3.24. The monoisotopic (exact) mass is 445 g/mol. The zero-order chi connectivity index (χ0) is 20.1. The molecule has 0 N–H and O–H groups in total. The molecule has 8 heteroatoms. The second-order valence-electron chi connectivity index (χ2n) is 5.86. The Morgan fingerprint density at radius 1 is 1.18 bits per heavy atom. The van der Waals surface area contributed by atoms with Gasteiger partial charge in [-0.2, -0.15) is 5.10 Å². The minimum Gasteiger partial charge on any atom is -0.469 e. The van der Waals surface area contributed by atoms with Gasteiger partial charge in [-0.3, -0.25) is 9.59 Å². The van der Waals surface area contributed by atoms with Crippen LogP contribution in [0.25, 0.3) is 5.69 Å². The van der Waals surface area contributed by atoms with Gasteiger partial charge in [0, 0.05) is 12.2 Å². The van der Waals surface area contributed by atoms with Gasteiger partial charge in [0.2, 0.25) is 0 Å². The largest absolute Gasteiger partial charge is 0.469 e. The van der Waals surface area contributed by atoms with E-state index in [1.54, 1.807) is 10.7 Å². The van der Waals surface area contributed by atoms with Crippen molar-refractivity contribution in [3.05, 3.63) is 76.8 Å². The first-order valence-electron chi connectivity index (χ1n) is 8.44. The fraction of sp³-hybridized carbons (Fsp3) is 0.150. The first kappa shape index (κ1) is 19.8. The third-order valence-corrected chi connectivity index (χ3v) is 4.84. The van der Waals surface area contributed by atoms with Crippen molar-refractivity contribution in [3.8, 4) is 5.69 Å². The zero-order valence-electron chi connectivity index (χ0n) is 15.0. The minimum atomic E-state index is -0.479. The number of carbonyl (C=O) groups excluding carboxylic acids is 2. The number of rotatable bonds is 6. The van der Waals surface area contributed by atoms with E-state index in [-0.39, 0.29) is 18.5 Å². The van der Waals surface area contributed by atoms with Crippen molar-refractivity contribution < 1.29 is 18.7 Å². The quantitative estimate of drug-likeness (QED) is 0.538. The number of methoxy groups -OCH3 is 1. The number of benzene rings is 2. The molecular weight excluding hydrogens is 429 g/mol. The maximum absolute atomic E-state index is 13.7. The second kappa shape index (κ2) is 8.79. The molecule has 0 saturated heterocycles. The Bertz CT molecular complexity index is 991. The molecule has 144 valence electrons. The van der Waals surface area contributed by atoms with Gasteiger partial charge in [0.1, 0.15) is 10.4 Å². The number of nitrogens with zero attached hydrogens (tertiary/aromatic N) is 3. The summed E-state index contributed by atoms with van der Waals surface area (Å²) in [5, 5.41) is 4.27. The summed E-state index contributed by atoms with van der Waals surface area (Å²) < 4.78 is 20.4. The predicted octanol–water partition coefficient (Wildman–Crippen LogP) is 3.98. The number of hydrogen-bond acceptors (Lipinski definition) is 4. The van der Waals surface area contributed by atoms with Gasteiger partial charge in [-0.15, -0.1) is 0 Å². The third-order valence-electron chi connectivity index (χ3n) is 4.07. The number of halogens is 2. The SMILES string of the molecule is COC(=O)CCN(C(=O)c1cnn(-c2ccccc2)c1Br)c1cccc(F)c1. The van der Waals surface area contributed by atoms with E-state index < -0.39 is 17.7 Å². The third kappa shape index (κ3) is 4.28. The van der Waals surface area contributed by atoms with Crippen molar-refractivity contribution in [2.75, 3.05) is 18.6 Å². The molecule has 28 heavy (non-hydrogen) atoms. The molecule has 0 spiro atoms. The molecule has 0 aliphatic carbocycles. The molecule has 3 aromatic rings. The van der Waals surface area contributed by atoms with Crippen molar-refractivity contribution in [2.24, 2.45) is 0 Å². The molecule has 1 amide bonds. The van der Waals surface area contributed by atoms with E-state index in [2.05, 4.69) is 25.8 Å². The summed E-state index contributed by atoms with van der Waals surface area (Å²) in [6, 6.07) is 15.0. The number of aromatic nitrogens is 2. The minimum absolute atomic E-state index is 0.0246. The molecule has 0 aliphatic rings. The van der Waals surface area contributed by atoms with Gasteiger partial charge in [-0.05, 0) is 46.3 Å². The average Bonchev–Trinajstić information content (AvgIpc) is 3.09. The Kier molecular flexibility index (Phi) is 6.20. The molecule has 0 bridgehead atoms. The number of esters is 1. The van der Waals surface area contributed by atoms with Crippen molar-refractivity contribution in [3.63, 3.8) is 0 Å². The first-order chi connectivity index (χ1) is 13.5. The summed E-state index contributed by atoms with van der Waals surface area (Å²) in [7, 11) is 1.27. The lowest BCUT2D eigenvalue weighted by atomic mass is 10.2. The van der Waals surface area contributed by atoms with E-state index in [1.165, 1.54) is 36.4 Å². The van der Waals surface area contributed by atoms with Gasteiger partial charge < -0.3 is 9.64 Å². The number of ether oxygens (including phenoxy) is 1. The molecule has 1 heterocycles. The highest BCUT2D eigenvalue weighted by atomic mass is 79.9. The van der Waals surface area contributed by atoms with Gasteiger partial charge in [-0.1, -0.05) is 24.3 Å². The number of amides is 1. The second-order valence-corrected chi connectivity index (χ2v) is 6.61. The van der Waals surface area contributed by atoms with Crippen LogP contribution in [0.3, 0.4) is 0 Å². The molecule has 6 nitrogen and oxygen atoms in total. The highest BCUT2D eigenvalue weighted by Gasteiger charge is 2.24. The Hall–Kier alpha value is -3.00. The number of hydrogen-bond donors (Lipinski definition) is 0. The van der Waals surface area contributed by atoms with Gasteiger partial charge in [0.25, 0.3) is 5.91 Å². The van der Waals surface area contributed by atoms with Gasteiger partial charge in [0.15, 0.2) is 0 Å². The van der Waals surface area contributed by atoms with Crippen LogP contribution in [0.15, 0.2) is 65.4 Å². The molecule has 0 saturated carbocycles. The molecule has 0 fully saturated rings. The fourth-order valence-electron chi connectivity index (χ4n) is 2.67. The molecule has 0 aliphatic heterocycles. The molecule has 3 rings (SSSR count). The highest BCUT2D eigenvalue weighted by Crippen LogP contribution is 2.25. The Morgan fingerprint density at radius 2 is 1.93 bits per heavy atom. The van der Waals surface area contributed by atoms with E-state index in [4.69, 9.17) is 0 Å². The Morgan fingerprint density at radius 3 is 2.61 bits per heavy atom. The zero-order valence-corrected chi connectivity index (χ0v) is 16.6. The summed E-state index contributed by atoms with van der Waals surface area (Å²) in [5.74, 6) is -1.36. The van der Waals surface area contributed by atoms with Crippen molar-refractivity contribution in [2.45, 2.75) is 6.42 Å². The summed E-state index contributed by atoms with van der Waals surface area (Å²) in [6.45, 7) is 0.0396. The number of anilines is 1. The van der Waals surface area contributed by atoms with Crippen LogP contribution < -0.4 is 4.90 Å². The molecule has 2 aromatic carbocycles. The smallest absolute Gasteiger partial charge is 0.307 e. The van der Waals surface area contributed by atoms with E-state index in [9.17, 15) is 14.0 Å². The van der Waals surface area contributed by atoms with Crippen LogP contribution in [0.5, 0.6) is 0 Å². The van der Waals surface area contributed by atoms with Crippen LogP contribution in [-0.2, 0) is 9.53 Å². The van der Waals surface area contributed by atoms with Crippen LogP contribution in [0.2, 0.25) is 0 Å². The Labute approximate surface area is 169 Å². The van der Waals surface area contributed by atoms with Crippen molar-refractivity contribution >= 4 is 33.5 Å². The van der Waals surface area contributed by atoms with Crippen molar-refractivity contribution in [1.82, 2.24) is 9.78 Å². The average molecular weight is 446 g/mol. The van der Waals surface area contributed by atoms with Crippen LogP contribution in [0, 0.1) is 5.82 Å². The van der Waals surface area contributed by atoms with Gasteiger partial charge in [-0.25, -0.2) is 9.07 Å². The van der Waals surface area contributed by atoms with E-state index >= 15 is 0 Å². The lowest BCUT2D eigenvalue weighted by molar-refractivity contribution is -0.140. The number of carbonyl (C=O) groups is 2. The Balaban J connectivity index is 1.95. The van der Waals surface area contributed by atoms with E-state index in [0.717, 1.165) is 5.69 Å². The van der Waals surface area contributed by atoms with Crippen LogP contribution in [0.4, 0.5) is 10.1 Å². The molecular formula is C20H17BrFN3O3. The van der Waals surface area contributed by atoms with Crippen LogP contribution in [-0.4, -0.2) is 35.3 Å². The summed E-state index contributed by atoms with van der Waals surface area (Å²) >= 11 is 3.42. The lowest BCUT2D eigenvalue weighted by Crippen LogP contribution is -2.33. The van der Waals surface area contributed by atoms with E-state index in [1.807, 2.05) is 30.3 Å². The van der Waals surface area contributed by atoms with Gasteiger partial charge in [0.05, 0.1) is 31.0 Å². The first-order valence-corrected chi connectivity index (χ1v) is 9.23.